The quantitative estimate of drug-likeness (QED) is 0.630. The number of rotatable bonds is 6. The largest absolute Gasteiger partial charge is 0.478 e. The van der Waals surface area contributed by atoms with E-state index < -0.39 is 37.1 Å². The van der Waals surface area contributed by atoms with E-state index in [9.17, 15) is 23.3 Å². The average molecular weight is 316 g/mol. The van der Waals surface area contributed by atoms with E-state index in [0.29, 0.717) is 6.42 Å². The van der Waals surface area contributed by atoms with Gasteiger partial charge in [0.2, 0.25) is 10.0 Å². The van der Waals surface area contributed by atoms with Crippen molar-refractivity contribution in [3.63, 3.8) is 0 Å². The van der Waals surface area contributed by atoms with E-state index >= 15 is 0 Å². The molecule has 1 unspecified atom stereocenters. The summed E-state index contributed by atoms with van der Waals surface area (Å²) in [5, 5.41) is 19.8. The fraction of sp³-hybridized carbons (Fsp3) is 0.417. The lowest BCUT2D eigenvalue weighted by atomic mass is 10.2. The third-order valence-corrected chi connectivity index (χ3v) is 5.30. The van der Waals surface area contributed by atoms with Crippen LogP contribution in [0.25, 0.3) is 0 Å². The predicted octanol–water partition coefficient (Wildman–Crippen LogP) is 1.71. The molecular weight excluding hydrogens is 300 g/mol. The molecule has 0 heterocycles. The predicted molar refractivity (Wildman–Crippen MR) is 74.8 cm³/mol. The highest BCUT2D eigenvalue weighted by molar-refractivity contribution is 7.89. The first-order valence-electron chi connectivity index (χ1n) is 6.12. The number of hydrogen-bond donors (Lipinski definition) is 1. The van der Waals surface area contributed by atoms with Crippen LogP contribution in [0.1, 0.15) is 30.6 Å². The maximum absolute atomic E-state index is 12.4. The van der Waals surface area contributed by atoms with Gasteiger partial charge in [-0.25, -0.2) is 13.2 Å². The van der Waals surface area contributed by atoms with Crippen LogP contribution >= 0.6 is 0 Å². The van der Waals surface area contributed by atoms with Crippen LogP contribution in [-0.4, -0.2) is 41.8 Å². The summed E-state index contributed by atoms with van der Waals surface area (Å²) in [6, 6.07) is 2.35. The first kappa shape index (κ1) is 17.1. The first-order valence-corrected chi connectivity index (χ1v) is 7.56. The highest BCUT2D eigenvalue weighted by Crippen LogP contribution is 2.25. The van der Waals surface area contributed by atoms with Crippen LogP contribution in [0.15, 0.2) is 23.1 Å². The Morgan fingerprint density at radius 2 is 2.05 bits per heavy atom. The number of carboxylic acid groups (broad SMARTS) is 1. The van der Waals surface area contributed by atoms with Crippen LogP contribution in [0.3, 0.4) is 0 Å². The zero-order valence-corrected chi connectivity index (χ0v) is 12.6. The standard InChI is InChI=1S/C12H16N2O6S/c1-4-8(2)13(3)21(19,20)11-6-5-9(14(17)18)7-10(11)12(15)16/h5-8H,4H2,1-3H3,(H,15,16). The molecule has 0 saturated carbocycles. The Morgan fingerprint density at radius 3 is 2.48 bits per heavy atom. The van der Waals surface area contributed by atoms with E-state index in [2.05, 4.69) is 0 Å². The Bertz CT molecular complexity index is 670. The van der Waals surface area contributed by atoms with Crippen molar-refractivity contribution in [3.05, 3.63) is 33.9 Å². The average Bonchev–Trinajstić information content (AvgIpc) is 2.44. The van der Waals surface area contributed by atoms with Gasteiger partial charge in [-0.2, -0.15) is 4.31 Å². The molecule has 0 aliphatic rings. The smallest absolute Gasteiger partial charge is 0.337 e. The number of benzene rings is 1. The lowest BCUT2D eigenvalue weighted by Crippen LogP contribution is -2.35. The van der Waals surface area contributed by atoms with E-state index in [0.717, 1.165) is 22.5 Å². The Hall–Kier alpha value is -2.00. The van der Waals surface area contributed by atoms with Crippen molar-refractivity contribution in [2.45, 2.75) is 31.2 Å². The van der Waals surface area contributed by atoms with Crippen LogP contribution in [0, 0.1) is 10.1 Å². The minimum atomic E-state index is -4.04. The maximum Gasteiger partial charge on any atom is 0.337 e. The Morgan fingerprint density at radius 1 is 1.48 bits per heavy atom. The third-order valence-electron chi connectivity index (χ3n) is 3.27. The molecule has 1 rings (SSSR count). The topological polar surface area (TPSA) is 118 Å². The lowest BCUT2D eigenvalue weighted by molar-refractivity contribution is -0.384. The minimum Gasteiger partial charge on any atom is -0.478 e. The summed E-state index contributed by atoms with van der Waals surface area (Å²) in [4.78, 5) is 20.6. The molecule has 1 aromatic carbocycles. The van der Waals surface area contributed by atoms with Gasteiger partial charge in [-0.1, -0.05) is 6.92 Å². The van der Waals surface area contributed by atoms with Crippen molar-refractivity contribution in [1.29, 1.82) is 0 Å². The second-order valence-corrected chi connectivity index (χ2v) is 6.49. The van der Waals surface area contributed by atoms with Gasteiger partial charge in [0.25, 0.3) is 5.69 Å². The molecule has 0 aliphatic heterocycles. The number of aromatic carboxylic acids is 1. The summed E-state index contributed by atoms with van der Waals surface area (Å²) >= 11 is 0. The second kappa shape index (κ2) is 6.19. The number of sulfonamides is 1. The molecule has 0 saturated heterocycles. The highest BCUT2D eigenvalue weighted by Gasteiger charge is 2.30. The number of hydrogen-bond acceptors (Lipinski definition) is 5. The van der Waals surface area contributed by atoms with Crippen molar-refractivity contribution in [2.75, 3.05) is 7.05 Å². The van der Waals surface area contributed by atoms with Crippen LogP contribution in [0.5, 0.6) is 0 Å². The van der Waals surface area contributed by atoms with Crippen molar-refractivity contribution < 1.29 is 23.2 Å². The summed E-state index contributed by atoms with van der Waals surface area (Å²) in [5.74, 6) is -1.53. The van der Waals surface area contributed by atoms with E-state index in [1.807, 2.05) is 0 Å². The summed E-state index contributed by atoms with van der Waals surface area (Å²) in [7, 11) is -2.69. The third kappa shape index (κ3) is 3.37. The molecule has 1 N–H and O–H groups in total. The van der Waals surface area contributed by atoms with Crippen LogP contribution < -0.4 is 0 Å². The zero-order chi connectivity index (χ0) is 16.4. The summed E-state index contributed by atoms with van der Waals surface area (Å²) in [5.41, 5.74) is -1.09. The van der Waals surface area contributed by atoms with E-state index in [1.165, 1.54) is 7.05 Å². The zero-order valence-electron chi connectivity index (χ0n) is 11.8. The molecule has 1 atom stereocenters. The molecule has 0 aliphatic carbocycles. The Kier molecular flexibility index (Phi) is 5.02. The fourth-order valence-corrected chi connectivity index (χ4v) is 3.27. The molecule has 0 bridgehead atoms. The van der Waals surface area contributed by atoms with Gasteiger partial charge >= 0.3 is 5.97 Å². The van der Waals surface area contributed by atoms with Gasteiger partial charge in [0, 0.05) is 25.2 Å². The number of non-ortho nitro benzene ring substituents is 1. The maximum atomic E-state index is 12.4. The van der Waals surface area contributed by atoms with Crippen molar-refractivity contribution >= 4 is 21.7 Å². The summed E-state index contributed by atoms with van der Waals surface area (Å²) in [6.07, 6.45) is 0.547. The molecule has 0 radical (unpaired) electrons. The summed E-state index contributed by atoms with van der Waals surface area (Å²) < 4.78 is 25.9. The SMILES string of the molecule is CCC(C)N(C)S(=O)(=O)c1ccc([N+](=O)[O-])cc1C(=O)O. The molecular formula is C12H16N2O6S. The number of nitrogens with zero attached hydrogens (tertiary/aromatic N) is 2. The normalized spacial score (nSPS) is 13.1. The molecule has 0 fully saturated rings. The molecule has 116 valence electrons. The Balaban J connectivity index is 3.49. The highest BCUT2D eigenvalue weighted by atomic mass is 32.2. The monoisotopic (exact) mass is 316 g/mol. The van der Waals surface area contributed by atoms with Gasteiger partial charge in [0.15, 0.2) is 0 Å². The molecule has 0 amide bonds. The van der Waals surface area contributed by atoms with Gasteiger partial charge < -0.3 is 5.11 Å². The van der Waals surface area contributed by atoms with E-state index in [-0.39, 0.29) is 6.04 Å². The van der Waals surface area contributed by atoms with Crippen molar-refractivity contribution in [3.8, 4) is 0 Å². The van der Waals surface area contributed by atoms with Gasteiger partial charge in [-0.15, -0.1) is 0 Å². The number of carboxylic acids is 1. The minimum absolute atomic E-state index is 0.327. The van der Waals surface area contributed by atoms with Crippen molar-refractivity contribution in [2.24, 2.45) is 0 Å². The molecule has 0 aromatic heterocycles. The van der Waals surface area contributed by atoms with Crippen molar-refractivity contribution in [1.82, 2.24) is 4.31 Å². The Labute approximate surface area is 122 Å². The van der Waals surface area contributed by atoms with Crippen LogP contribution in [-0.2, 0) is 10.0 Å². The van der Waals surface area contributed by atoms with E-state index in [1.54, 1.807) is 13.8 Å². The van der Waals surface area contributed by atoms with Gasteiger partial charge in [-0.05, 0) is 19.4 Å². The molecule has 8 nitrogen and oxygen atoms in total. The van der Waals surface area contributed by atoms with Gasteiger partial charge in [0.1, 0.15) is 0 Å². The fourth-order valence-electron chi connectivity index (χ4n) is 1.67. The number of nitro groups is 1. The summed E-state index contributed by atoms with van der Waals surface area (Å²) in [6.45, 7) is 3.48. The second-order valence-electron chi connectivity index (χ2n) is 4.52. The first-order chi connectivity index (χ1) is 9.62. The van der Waals surface area contributed by atoms with Crippen LogP contribution in [0.4, 0.5) is 5.69 Å². The molecule has 1 aromatic rings. The number of nitro benzene ring substituents is 1. The molecule has 21 heavy (non-hydrogen) atoms. The van der Waals surface area contributed by atoms with Gasteiger partial charge in [0.05, 0.1) is 15.4 Å². The molecule has 0 spiro atoms. The van der Waals surface area contributed by atoms with Crippen LogP contribution in [0.2, 0.25) is 0 Å². The molecule has 9 heteroatoms. The van der Waals surface area contributed by atoms with E-state index in [4.69, 9.17) is 5.11 Å². The lowest BCUT2D eigenvalue weighted by Gasteiger charge is -2.23. The van der Waals surface area contributed by atoms with Gasteiger partial charge in [-0.3, -0.25) is 10.1 Å². The number of carbonyl (C=O) groups is 1.